The number of phenolic OH excluding ortho intramolecular Hbond substituents is 1. The maximum Gasteiger partial charge on any atom is 0.342 e. The van der Waals surface area contributed by atoms with Gasteiger partial charge in [0.2, 0.25) is 0 Å². The summed E-state index contributed by atoms with van der Waals surface area (Å²) in [5.74, 6) is -0.768. The molecule has 1 atom stereocenters. The summed E-state index contributed by atoms with van der Waals surface area (Å²) in [5.41, 5.74) is 4.61. The number of aromatic hydroxyl groups is 1. The van der Waals surface area contributed by atoms with Crippen LogP contribution in [0.5, 0.6) is 11.5 Å². The molecule has 0 bridgehead atoms. The molecule has 0 aliphatic carbocycles. The minimum Gasteiger partial charge on any atom is -0.507 e. The minimum atomic E-state index is -1.14. The molecule has 5 heteroatoms. The van der Waals surface area contributed by atoms with E-state index in [2.05, 4.69) is 6.07 Å². The predicted octanol–water partition coefficient (Wildman–Crippen LogP) is 4.40. The number of phenols is 1. The molecule has 1 heterocycles. The van der Waals surface area contributed by atoms with Gasteiger partial charge in [-0.1, -0.05) is 12.1 Å². The first-order valence-electron chi connectivity index (χ1n) is 8.92. The summed E-state index contributed by atoms with van der Waals surface area (Å²) < 4.78 is 11.8. The number of nitrogens with zero attached hydrogens (tertiary/aromatic N) is 1. The largest absolute Gasteiger partial charge is 0.507 e. The molecule has 1 unspecified atom stereocenters. The van der Waals surface area contributed by atoms with Crippen LogP contribution in [0.1, 0.15) is 57.1 Å². The van der Waals surface area contributed by atoms with Crippen molar-refractivity contribution in [2.45, 2.75) is 53.2 Å². The molecule has 1 aliphatic heterocycles. The normalized spacial score (nSPS) is 18.2. The maximum atomic E-state index is 12.7. The molecule has 5 nitrogen and oxygen atoms in total. The fraction of sp³-hybridized carbons (Fsp3) is 0.364. The second-order valence-electron chi connectivity index (χ2n) is 7.27. The van der Waals surface area contributed by atoms with Crippen molar-refractivity contribution in [2.24, 2.45) is 0 Å². The Labute approximate surface area is 159 Å². The Balaban J connectivity index is 1.94. The number of aryl methyl sites for hydroxylation is 1. The van der Waals surface area contributed by atoms with Gasteiger partial charge in [-0.25, -0.2) is 4.79 Å². The van der Waals surface area contributed by atoms with E-state index in [9.17, 15) is 15.2 Å². The van der Waals surface area contributed by atoms with Crippen LogP contribution in [-0.4, -0.2) is 16.9 Å². The first kappa shape index (κ1) is 18.8. The van der Waals surface area contributed by atoms with Gasteiger partial charge in [-0.15, -0.1) is 0 Å². The van der Waals surface area contributed by atoms with Gasteiger partial charge in [-0.3, -0.25) is 0 Å². The monoisotopic (exact) mass is 365 g/mol. The molecule has 1 N–H and O–H groups in total. The Kier molecular flexibility index (Phi) is 4.61. The summed E-state index contributed by atoms with van der Waals surface area (Å²) in [4.78, 5) is 12.7. The summed E-state index contributed by atoms with van der Waals surface area (Å²) in [7, 11) is 0. The first-order chi connectivity index (χ1) is 12.7. The van der Waals surface area contributed by atoms with Crippen molar-refractivity contribution in [3.05, 3.63) is 57.1 Å². The van der Waals surface area contributed by atoms with E-state index >= 15 is 0 Å². The van der Waals surface area contributed by atoms with E-state index < -0.39 is 11.8 Å². The number of esters is 1. The molecule has 27 heavy (non-hydrogen) atoms. The highest BCUT2D eigenvalue weighted by Crippen LogP contribution is 2.43. The molecule has 0 radical (unpaired) electrons. The fourth-order valence-corrected chi connectivity index (χ4v) is 3.54. The third-order valence-electron chi connectivity index (χ3n) is 5.40. The topological polar surface area (TPSA) is 79.6 Å². The Bertz CT molecular complexity index is 987. The highest BCUT2D eigenvalue weighted by Gasteiger charge is 2.38. The molecular weight excluding hydrogens is 342 g/mol. The molecule has 0 saturated heterocycles. The van der Waals surface area contributed by atoms with Crippen molar-refractivity contribution in [1.29, 1.82) is 5.26 Å². The van der Waals surface area contributed by atoms with E-state index in [0.717, 1.165) is 27.8 Å². The molecule has 140 valence electrons. The van der Waals surface area contributed by atoms with Crippen LogP contribution in [0.15, 0.2) is 18.2 Å². The lowest BCUT2D eigenvalue weighted by molar-refractivity contribution is -0.142. The van der Waals surface area contributed by atoms with Gasteiger partial charge in [0.05, 0.1) is 11.1 Å². The van der Waals surface area contributed by atoms with Gasteiger partial charge in [-0.2, -0.15) is 5.26 Å². The average Bonchev–Trinajstić information content (AvgIpc) is 2.64. The standard InChI is InChI=1S/C22H23NO4/c1-12-7-6-8-17(18(12)11-23)21(25)27-22(5)10-9-16-15(4)19(24)13(2)14(3)20(16)26-22/h6-8,24H,9-10H2,1-5H3. The number of rotatable bonds is 2. The molecule has 0 amide bonds. The smallest absolute Gasteiger partial charge is 0.342 e. The maximum absolute atomic E-state index is 12.7. The van der Waals surface area contributed by atoms with Crippen molar-refractivity contribution in [3.8, 4) is 17.6 Å². The molecule has 0 saturated carbocycles. The van der Waals surface area contributed by atoms with Crippen LogP contribution in [0.2, 0.25) is 0 Å². The molecular formula is C22H23NO4. The van der Waals surface area contributed by atoms with Crippen LogP contribution in [0.3, 0.4) is 0 Å². The van der Waals surface area contributed by atoms with E-state index in [0.29, 0.717) is 24.2 Å². The van der Waals surface area contributed by atoms with Gasteiger partial charge >= 0.3 is 5.97 Å². The zero-order valence-corrected chi connectivity index (χ0v) is 16.3. The summed E-state index contributed by atoms with van der Waals surface area (Å²) in [6.45, 7) is 9.10. The van der Waals surface area contributed by atoms with Crippen LogP contribution < -0.4 is 4.74 Å². The van der Waals surface area contributed by atoms with Crippen LogP contribution in [-0.2, 0) is 11.2 Å². The van der Waals surface area contributed by atoms with Crippen molar-refractivity contribution >= 4 is 5.97 Å². The number of hydrogen-bond donors (Lipinski definition) is 1. The van der Waals surface area contributed by atoms with Gasteiger partial charge < -0.3 is 14.6 Å². The van der Waals surface area contributed by atoms with Gasteiger partial charge in [0, 0.05) is 18.9 Å². The lowest BCUT2D eigenvalue weighted by Crippen LogP contribution is -2.41. The zero-order valence-electron chi connectivity index (χ0n) is 16.3. The molecule has 2 aromatic carbocycles. The number of benzene rings is 2. The Hall–Kier alpha value is -3.00. The molecule has 2 aromatic rings. The summed E-state index contributed by atoms with van der Waals surface area (Å²) >= 11 is 0. The van der Waals surface area contributed by atoms with Gasteiger partial charge in [0.1, 0.15) is 17.6 Å². The first-order valence-corrected chi connectivity index (χ1v) is 8.92. The minimum absolute atomic E-state index is 0.239. The number of carbonyl (C=O) groups excluding carboxylic acids is 1. The number of fused-ring (bicyclic) bond motifs is 1. The van der Waals surface area contributed by atoms with Crippen molar-refractivity contribution in [1.82, 2.24) is 0 Å². The Morgan fingerprint density at radius 2 is 1.93 bits per heavy atom. The molecule has 0 fully saturated rings. The summed E-state index contributed by atoms with van der Waals surface area (Å²) in [6, 6.07) is 7.17. The number of nitriles is 1. The highest BCUT2D eigenvalue weighted by atomic mass is 16.7. The number of ether oxygens (including phenoxy) is 2. The molecule has 1 aliphatic rings. The van der Waals surface area contributed by atoms with Crippen molar-refractivity contribution < 1.29 is 19.4 Å². The average molecular weight is 365 g/mol. The third kappa shape index (κ3) is 3.12. The lowest BCUT2D eigenvalue weighted by atomic mass is 9.91. The Morgan fingerprint density at radius 1 is 1.22 bits per heavy atom. The van der Waals surface area contributed by atoms with Gasteiger partial charge in [0.15, 0.2) is 0 Å². The second-order valence-corrected chi connectivity index (χ2v) is 7.27. The van der Waals surface area contributed by atoms with Crippen LogP contribution in [0.4, 0.5) is 0 Å². The molecule has 3 rings (SSSR count). The van der Waals surface area contributed by atoms with E-state index in [-0.39, 0.29) is 11.3 Å². The molecule has 0 aromatic heterocycles. The number of carbonyl (C=O) groups is 1. The van der Waals surface area contributed by atoms with Crippen LogP contribution in [0.25, 0.3) is 0 Å². The SMILES string of the molecule is Cc1cccc(C(=O)OC2(C)CCc3c(C)c(O)c(C)c(C)c3O2)c1C#N. The van der Waals surface area contributed by atoms with Crippen molar-refractivity contribution in [2.75, 3.05) is 0 Å². The van der Waals surface area contributed by atoms with Gasteiger partial charge in [-0.05, 0) is 62.4 Å². The zero-order chi connectivity index (χ0) is 19.9. The Morgan fingerprint density at radius 3 is 2.59 bits per heavy atom. The predicted molar refractivity (Wildman–Crippen MR) is 101 cm³/mol. The second kappa shape index (κ2) is 6.62. The van der Waals surface area contributed by atoms with E-state index in [1.54, 1.807) is 32.0 Å². The highest BCUT2D eigenvalue weighted by molar-refractivity contribution is 5.93. The number of hydrogen-bond acceptors (Lipinski definition) is 5. The van der Waals surface area contributed by atoms with Crippen LogP contribution in [0, 0.1) is 39.0 Å². The van der Waals surface area contributed by atoms with E-state index in [4.69, 9.17) is 9.47 Å². The van der Waals surface area contributed by atoms with Crippen LogP contribution >= 0.6 is 0 Å². The summed E-state index contributed by atoms with van der Waals surface area (Å²) in [6.07, 6.45) is 1.08. The third-order valence-corrected chi connectivity index (χ3v) is 5.40. The van der Waals surface area contributed by atoms with E-state index in [1.165, 1.54) is 0 Å². The van der Waals surface area contributed by atoms with E-state index in [1.807, 2.05) is 20.8 Å². The summed E-state index contributed by atoms with van der Waals surface area (Å²) in [5, 5.41) is 19.6. The van der Waals surface area contributed by atoms with Crippen molar-refractivity contribution in [3.63, 3.8) is 0 Å². The fourth-order valence-electron chi connectivity index (χ4n) is 3.54. The van der Waals surface area contributed by atoms with Gasteiger partial charge in [0.25, 0.3) is 5.79 Å². The lowest BCUT2D eigenvalue weighted by Gasteiger charge is -2.37. The quantitative estimate of drug-likeness (QED) is 0.798. The molecule has 0 spiro atoms.